The van der Waals surface area contributed by atoms with Crippen LogP contribution in [0.3, 0.4) is 0 Å². The molecule has 4 rings (SSSR count). The van der Waals surface area contributed by atoms with Crippen molar-refractivity contribution >= 4 is 23.2 Å². The first-order chi connectivity index (χ1) is 15.7. The molecule has 1 amide bonds. The Morgan fingerprint density at radius 3 is 2.70 bits per heavy atom. The van der Waals surface area contributed by atoms with Gasteiger partial charge in [-0.25, -0.2) is 8.78 Å². The smallest absolute Gasteiger partial charge is 0.264 e. The first kappa shape index (κ1) is 22.3. The number of aryl methyl sites for hydroxylation is 2. The fourth-order valence-electron chi connectivity index (χ4n) is 3.38. The molecule has 4 aromatic rings. The Labute approximate surface area is 191 Å². The van der Waals surface area contributed by atoms with Gasteiger partial charge in [-0.15, -0.1) is 0 Å². The predicted octanol–water partition coefficient (Wildman–Crippen LogP) is 4.75. The minimum absolute atomic E-state index is 0.0159. The van der Waals surface area contributed by atoms with Crippen molar-refractivity contribution < 1.29 is 18.1 Å². The van der Waals surface area contributed by atoms with Crippen LogP contribution in [-0.4, -0.2) is 20.6 Å². The fourth-order valence-corrected chi connectivity index (χ4v) is 3.57. The van der Waals surface area contributed by atoms with Crippen LogP contribution >= 0.6 is 11.6 Å². The van der Waals surface area contributed by atoms with Crippen LogP contribution in [0.2, 0.25) is 5.02 Å². The summed E-state index contributed by atoms with van der Waals surface area (Å²) < 4.78 is 33.7. The maximum Gasteiger partial charge on any atom is 0.264 e. The van der Waals surface area contributed by atoms with Gasteiger partial charge in [-0.2, -0.15) is 4.98 Å². The van der Waals surface area contributed by atoms with Crippen molar-refractivity contribution in [3.05, 3.63) is 86.8 Å². The zero-order valence-electron chi connectivity index (χ0n) is 17.5. The van der Waals surface area contributed by atoms with Gasteiger partial charge < -0.3 is 14.4 Å². The van der Waals surface area contributed by atoms with Crippen LogP contribution < -0.4 is 10.9 Å². The molecule has 168 valence electrons. The van der Waals surface area contributed by atoms with E-state index in [0.717, 1.165) is 18.2 Å². The molecule has 2 aromatic carbocycles. The van der Waals surface area contributed by atoms with E-state index in [9.17, 15) is 18.4 Å². The van der Waals surface area contributed by atoms with E-state index in [1.165, 1.54) is 4.57 Å². The van der Waals surface area contributed by atoms with Crippen molar-refractivity contribution in [2.75, 3.05) is 5.32 Å². The highest BCUT2D eigenvalue weighted by molar-refractivity contribution is 6.30. The van der Waals surface area contributed by atoms with E-state index in [0.29, 0.717) is 21.8 Å². The molecule has 0 radical (unpaired) electrons. The average Bonchev–Trinajstić information content (AvgIpc) is 3.23. The number of amides is 1. The molecule has 2 heterocycles. The first-order valence-electron chi connectivity index (χ1n) is 9.79. The lowest BCUT2D eigenvalue weighted by Gasteiger charge is -2.13. The molecule has 10 heteroatoms. The first-order valence-corrected chi connectivity index (χ1v) is 10.2. The van der Waals surface area contributed by atoms with Crippen LogP contribution in [0.4, 0.5) is 14.5 Å². The number of pyridine rings is 1. The van der Waals surface area contributed by atoms with Crippen molar-refractivity contribution in [1.82, 2.24) is 14.7 Å². The lowest BCUT2D eigenvalue weighted by atomic mass is 10.1. The number of hydrogen-bond donors (Lipinski definition) is 1. The number of aromatic nitrogens is 3. The summed E-state index contributed by atoms with van der Waals surface area (Å²) in [6.07, 6.45) is 0. The Morgan fingerprint density at radius 1 is 1.15 bits per heavy atom. The summed E-state index contributed by atoms with van der Waals surface area (Å²) in [4.78, 5) is 30.0. The molecule has 0 spiro atoms. The summed E-state index contributed by atoms with van der Waals surface area (Å²) in [5.41, 5.74) is 0.951. The molecule has 7 nitrogen and oxygen atoms in total. The second-order valence-electron chi connectivity index (χ2n) is 7.34. The average molecular weight is 471 g/mol. The summed E-state index contributed by atoms with van der Waals surface area (Å²) >= 11 is 6.01. The van der Waals surface area contributed by atoms with Gasteiger partial charge in [0, 0.05) is 22.3 Å². The van der Waals surface area contributed by atoms with Crippen molar-refractivity contribution in [2.24, 2.45) is 0 Å². The van der Waals surface area contributed by atoms with Crippen molar-refractivity contribution in [1.29, 1.82) is 0 Å². The molecule has 1 N–H and O–H groups in total. The minimum Gasteiger partial charge on any atom is -0.333 e. The molecule has 0 aliphatic rings. The highest BCUT2D eigenvalue weighted by Crippen LogP contribution is 2.25. The van der Waals surface area contributed by atoms with Gasteiger partial charge in [-0.1, -0.05) is 28.9 Å². The molecule has 0 bridgehead atoms. The molecular formula is C23H17ClF2N4O3. The van der Waals surface area contributed by atoms with E-state index in [-0.39, 0.29) is 23.0 Å². The minimum atomic E-state index is -0.794. The number of halogens is 3. The number of rotatable bonds is 5. The van der Waals surface area contributed by atoms with Crippen LogP contribution in [0.5, 0.6) is 0 Å². The summed E-state index contributed by atoms with van der Waals surface area (Å²) in [6.45, 7) is 2.93. The van der Waals surface area contributed by atoms with E-state index in [1.54, 1.807) is 44.2 Å². The third kappa shape index (κ3) is 4.68. The van der Waals surface area contributed by atoms with Crippen molar-refractivity contribution in [3.63, 3.8) is 0 Å². The standard InChI is InChI=1S/C23H17ClF2N4O3/c1-12-8-13(2)30(11-19(31)27-18-10-16(25)6-7-17(18)26)23(32)20(12)22-28-21(29-33-22)14-4-3-5-15(24)9-14/h3-10H,11H2,1-2H3,(H,27,31). The zero-order chi connectivity index (χ0) is 23.7. The SMILES string of the molecule is Cc1cc(C)n(CC(=O)Nc2cc(F)ccc2F)c(=O)c1-c1nc(-c2cccc(Cl)c2)no1. The monoisotopic (exact) mass is 470 g/mol. The van der Waals surface area contributed by atoms with Gasteiger partial charge in [0.1, 0.15) is 23.7 Å². The Bertz CT molecular complexity index is 1430. The van der Waals surface area contributed by atoms with Gasteiger partial charge in [0.05, 0.1) is 5.69 Å². The maximum absolute atomic E-state index is 13.8. The van der Waals surface area contributed by atoms with Crippen LogP contribution in [0.1, 0.15) is 11.3 Å². The Hall–Kier alpha value is -3.85. The molecule has 0 saturated carbocycles. The van der Waals surface area contributed by atoms with Crippen molar-refractivity contribution in [3.8, 4) is 22.8 Å². The largest absolute Gasteiger partial charge is 0.333 e. The van der Waals surface area contributed by atoms with Crippen LogP contribution in [0, 0.1) is 25.5 Å². The number of carbonyl (C=O) groups excluding carboxylic acids is 1. The van der Waals surface area contributed by atoms with E-state index in [2.05, 4.69) is 15.5 Å². The molecule has 0 saturated heterocycles. The Morgan fingerprint density at radius 2 is 1.94 bits per heavy atom. The van der Waals surface area contributed by atoms with Crippen molar-refractivity contribution in [2.45, 2.75) is 20.4 Å². The molecule has 0 unspecified atom stereocenters. The van der Waals surface area contributed by atoms with E-state index < -0.39 is 29.6 Å². The summed E-state index contributed by atoms with van der Waals surface area (Å²) in [5.74, 6) is -1.97. The molecule has 0 atom stereocenters. The lowest BCUT2D eigenvalue weighted by Crippen LogP contribution is -2.31. The molecule has 0 aliphatic heterocycles. The zero-order valence-corrected chi connectivity index (χ0v) is 18.3. The topological polar surface area (TPSA) is 90.0 Å². The maximum atomic E-state index is 13.8. The van der Waals surface area contributed by atoms with Gasteiger partial charge in [0.2, 0.25) is 11.7 Å². The van der Waals surface area contributed by atoms with Gasteiger partial charge >= 0.3 is 0 Å². The molecule has 2 aromatic heterocycles. The quantitative estimate of drug-likeness (QED) is 0.454. The Balaban J connectivity index is 1.66. The molecular weight excluding hydrogens is 454 g/mol. The Kier molecular flexibility index (Phi) is 6.06. The summed E-state index contributed by atoms with van der Waals surface area (Å²) in [7, 11) is 0. The molecule has 0 aliphatic carbocycles. The summed E-state index contributed by atoms with van der Waals surface area (Å²) in [5, 5.41) is 6.70. The van der Waals surface area contributed by atoms with E-state index in [1.807, 2.05) is 0 Å². The number of anilines is 1. The molecule has 33 heavy (non-hydrogen) atoms. The van der Waals surface area contributed by atoms with Crippen LogP contribution in [-0.2, 0) is 11.3 Å². The normalized spacial score (nSPS) is 10.9. The summed E-state index contributed by atoms with van der Waals surface area (Å²) in [6, 6.07) is 11.2. The number of nitrogens with one attached hydrogen (secondary N) is 1. The number of carbonyl (C=O) groups is 1. The molecule has 0 fully saturated rings. The predicted molar refractivity (Wildman–Crippen MR) is 119 cm³/mol. The number of benzene rings is 2. The number of nitrogens with zero attached hydrogens (tertiary/aromatic N) is 3. The van der Waals surface area contributed by atoms with E-state index >= 15 is 0 Å². The van der Waals surface area contributed by atoms with E-state index in [4.69, 9.17) is 16.1 Å². The van der Waals surface area contributed by atoms with Gasteiger partial charge in [0.15, 0.2) is 0 Å². The third-order valence-corrected chi connectivity index (χ3v) is 5.17. The lowest BCUT2D eigenvalue weighted by molar-refractivity contribution is -0.116. The van der Waals surface area contributed by atoms with Gasteiger partial charge in [-0.05, 0) is 49.7 Å². The van der Waals surface area contributed by atoms with Gasteiger partial charge in [0.25, 0.3) is 11.4 Å². The highest BCUT2D eigenvalue weighted by Gasteiger charge is 2.20. The third-order valence-electron chi connectivity index (χ3n) is 4.93. The second kappa shape index (κ2) is 8.95. The highest BCUT2D eigenvalue weighted by atomic mass is 35.5. The fraction of sp³-hybridized carbons (Fsp3) is 0.130. The second-order valence-corrected chi connectivity index (χ2v) is 7.78. The van der Waals surface area contributed by atoms with Gasteiger partial charge in [-0.3, -0.25) is 9.59 Å². The van der Waals surface area contributed by atoms with Crippen LogP contribution in [0.25, 0.3) is 22.8 Å². The van der Waals surface area contributed by atoms with Crippen LogP contribution in [0.15, 0.2) is 57.8 Å². The number of hydrogen-bond acceptors (Lipinski definition) is 5.